The highest BCUT2D eigenvalue weighted by Crippen LogP contribution is 2.18. The smallest absolute Gasteiger partial charge is 0.0588 e. The summed E-state index contributed by atoms with van der Waals surface area (Å²) in [6.07, 6.45) is 0.829. The van der Waals surface area contributed by atoms with Crippen LogP contribution in [0.5, 0.6) is 0 Å². The van der Waals surface area contributed by atoms with Crippen molar-refractivity contribution in [2.75, 3.05) is 6.61 Å². The summed E-state index contributed by atoms with van der Waals surface area (Å²) in [5, 5.41) is 13.1. The molecule has 0 heterocycles. The van der Waals surface area contributed by atoms with Crippen LogP contribution in [0.2, 0.25) is 0 Å². The van der Waals surface area contributed by atoms with Crippen LogP contribution in [0.4, 0.5) is 0 Å². The Hall–Kier alpha value is -1.16. The van der Waals surface area contributed by atoms with Gasteiger partial charge in [0.2, 0.25) is 0 Å². The lowest BCUT2D eigenvalue weighted by Gasteiger charge is -2.22. The molecule has 2 N–H and O–H groups in total. The predicted octanol–water partition coefficient (Wildman–Crippen LogP) is 3.70. The van der Waals surface area contributed by atoms with E-state index in [1.54, 1.807) is 0 Å². The molecule has 0 bridgehead atoms. The Morgan fingerprint density at radius 2 is 1.85 bits per heavy atom. The van der Waals surface area contributed by atoms with Crippen molar-refractivity contribution < 1.29 is 5.11 Å². The van der Waals surface area contributed by atoms with E-state index in [0.717, 1.165) is 10.9 Å². The Kier molecular flexibility index (Phi) is 5.77. The molecule has 2 atom stereocenters. The lowest BCUT2D eigenvalue weighted by atomic mass is 10.0. The number of benzene rings is 2. The molecular weight excluding hydrogens is 314 g/mol. The summed E-state index contributed by atoms with van der Waals surface area (Å²) in [5.74, 6) is 0. The first-order valence-corrected chi connectivity index (χ1v) is 7.64. The van der Waals surface area contributed by atoms with E-state index in [1.807, 2.05) is 30.3 Å². The third-order valence-corrected chi connectivity index (χ3v) is 3.87. The highest BCUT2D eigenvalue weighted by Gasteiger charge is 2.13. The highest BCUT2D eigenvalue weighted by atomic mass is 79.9. The standard InChI is InChI=1S/C17H20BrNO/c1-13(15-8-5-9-16(18)11-15)19-17(12-20)10-14-6-3-2-4-7-14/h2-9,11,13,17,19-20H,10,12H2,1H3/t13?,17-/m1/s1. The van der Waals surface area contributed by atoms with Gasteiger partial charge in [-0.2, -0.15) is 0 Å². The summed E-state index contributed by atoms with van der Waals surface area (Å²) in [6.45, 7) is 2.25. The van der Waals surface area contributed by atoms with E-state index in [2.05, 4.69) is 52.4 Å². The minimum atomic E-state index is 0.0615. The Morgan fingerprint density at radius 1 is 1.10 bits per heavy atom. The molecule has 0 saturated carbocycles. The molecule has 0 fully saturated rings. The molecule has 0 aliphatic rings. The Bertz CT molecular complexity index is 530. The van der Waals surface area contributed by atoms with Gasteiger partial charge in [-0.05, 0) is 36.6 Å². The van der Waals surface area contributed by atoms with Gasteiger partial charge in [0, 0.05) is 16.6 Å². The van der Waals surface area contributed by atoms with Crippen molar-refractivity contribution in [3.05, 3.63) is 70.2 Å². The van der Waals surface area contributed by atoms with Gasteiger partial charge in [-0.25, -0.2) is 0 Å². The number of aliphatic hydroxyl groups is 1. The lowest BCUT2D eigenvalue weighted by molar-refractivity contribution is 0.232. The maximum Gasteiger partial charge on any atom is 0.0588 e. The maximum atomic E-state index is 9.57. The van der Waals surface area contributed by atoms with Crippen LogP contribution < -0.4 is 5.32 Å². The number of nitrogens with one attached hydrogen (secondary N) is 1. The Balaban J connectivity index is 1.99. The van der Waals surface area contributed by atoms with Crippen LogP contribution in [0.3, 0.4) is 0 Å². The van der Waals surface area contributed by atoms with Crippen LogP contribution in [0.25, 0.3) is 0 Å². The Morgan fingerprint density at radius 3 is 2.50 bits per heavy atom. The van der Waals surface area contributed by atoms with Gasteiger partial charge in [-0.15, -0.1) is 0 Å². The summed E-state index contributed by atoms with van der Waals surface area (Å²) in [6, 6.07) is 18.8. The molecule has 20 heavy (non-hydrogen) atoms. The van der Waals surface area contributed by atoms with Gasteiger partial charge >= 0.3 is 0 Å². The number of hydrogen-bond donors (Lipinski definition) is 2. The summed E-state index contributed by atoms with van der Waals surface area (Å²) >= 11 is 3.49. The van der Waals surface area contributed by atoms with Crippen LogP contribution in [-0.4, -0.2) is 17.8 Å². The average Bonchev–Trinajstić information content (AvgIpc) is 2.47. The zero-order chi connectivity index (χ0) is 14.4. The minimum Gasteiger partial charge on any atom is -0.395 e. The second-order valence-electron chi connectivity index (χ2n) is 5.01. The maximum absolute atomic E-state index is 9.57. The van der Waals surface area contributed by atoms with Crippen LogP contribution >= 0.6 is 15.9 Å². The van der Waals surface area contributed by atoms with E-state index in [-0.39, 0.29) is 18.7 Å². The highest BCUT2D eigenvalue weighted by molar-refractivity contribution is 9.10. The molecule has 2 aromatic rings. The number of aliphatic hydroxyl groups excluding tert-OH is 1. The summed E-state index contributed by atoms with van der Waals surface area (Å²) in [5.41, 5.74) is 2.45. The van der Waals surface area contributed by atoms with E-state index < -0.39 is 0 Å². The number of halogens is 1. The van der Waals surface area contributed by atoms with Crippen molar-refractivity contribution in [2.24, 2.45) is 0 Å². The lowest BCUT2D eigenvalue weighted by Crippen LogP contribution is -2.36. The predicted molar refractivity (Wildman–Crippen MR) is 86.7 cm³/mol. The van der Waals surface area contributed by atoms with Crippen molar-refractivity contribution >= 4 is 15.9 Å². The molecule has 1 unspecified atom stereocenters. The molecule has 2 nitrogen and oxygen atoms in total. The second kappa shape index (κ2) is 7.58. The van der Waals surface area contributed by atoms with Gasteiger partial charge in [-0.1, -0.05) is 58.4 Å². The van der Waals surface area contributed by atoms with Crippen LogP contribution in [-0.2, 0) is 6.42 Å². The van der Waals surface area contributed by atoms with Crippen molar-refractivity contribution in [3.8, 4) is 0 Å². The Labute approximate surface area is 129 Å². The van der Waals surface area contributed by atoms with E-state index in [1.165, 1.54) is 11.1 Å². The van der Waals surface area contributed by atoms with E-state index in [9.17, 15) is 5.11 Å². The summed E-state index contributed by atoms with van der Waals surface area (Å²) < 4.78 is 1.08. The molecule has 0 amide bonds. The van der Waals surface area contributed by atoms with Gasteiger partial charge in [0.1, 0.15) is 0 Å². The first kappa shape index (κ1) is 15.2. The monoisotopic (exact) mass is 333 g/mol. The first-order valence-electron chi connectivity index (χ1n) is 6.85. The minimum absolute atomic E-state index is 0.0615. The molecule has 2 aromatic carbocycles. The number of hydrogen-bond acceptors (Lipinski definition) is 2. The second-order valence-corrected chi connectivity index (χ2v) is 5.93. The van der Waals surface area contributed by atoms with Gasteiger partial charge < -0.3 is 10.4 Å². The molecule has 0 saturated heterocycles. The quantitative estimate of drug-likeness (QED) is 0.844. The fraction of sp³-hybridized carbons (Fsp3) is 0.294. The van der Waals surface area contributed by atoms with Crippen LogP contribution in [0.1, 0.15) is 24.1 Å². The molecule has 0 aromatic heterocycles. The third kappa shape index (κ3) is 4.44. The zero-order valence-electron chi connectivity index (χ0n) is 11.6. The van der Waals surface area contributed by atoms with Crippen molar-refractivity contribution in [1.29, 1.82) is 0 Å². The molecule has 0 spiro atoms. The third-order valence-electron chi connectivity index (χ3n) is 3.38. The molecule has 0 aliphatic carbocycles. The van der Waals surface area contributed by atoms with Gasteiger partial charge in [0.05, 0.1) is 6.61 Å². The zero-order valence-corrected chi connectivity index (χ0v) is 13.2. The molecule has 0 aliphatic heterocycles. The topological polar surface area (TPSA) is 32.3 Å². The fourth-order valence-electron chi connectivity index (χ4n) is 2.30. The van der Waals surface area contributed by atoms with E-state index >= 15 is 0 Å². The van der Waals surface area contributed by atoms with Gasteiger partial charge in [0.25, 0.3) is 0 Å². The van der Waals surface area contributed by atoms with Crippen LogP contribution in [0, 0.1) is 0 Å². The number of rotatable bonds is 6. The SMILES string of the molecule is CC(N[C@@H](CO)Cc1ccccc1)c1cccc(Br)c1. The van der Waals surface area contributed by atoms with E-state index in [0.29, 0.717) is 0 Å². The van der Waals surface area contributed by atoms with Gasteiger partial charge in [-0.3, -0.25) is 0 Å². The normalized spacial score (nSPS) is 13.9. The van der Waals surface area contributed by atoms with E-state index in [4.69, 9.17) is 0 Å². The average molecular weight is 334 g/mol. The van der Waals surface area contributed by atoms with Crippen molar-refractivity contribution in [1.82, 2.24) is 5.32 Å². The molecule has 2 rings (SSSR count). The fourth-order valence-corrected chi connectivity index (χ4v) is 2.72. The largest absolute Gasteiger partial charge is 0.395 e. The van der Waals surface area contributed by atoms with Crippen molar-refractivity contribution in [3.63, 3.8) is 0 Å². The molecule has 0 radical (unpaired) electrons. The molecular formula is C17H20BrNO. The molecule has 3 heteroatoms. The molecule has 106 valence electrons. The summed E-state index contributed by atoms with van der Waals surface area (Å²) in [4.78, 5) is 0. The van der Waals surface area contributed by atoms with Crippen molar-refractivity contribution in [2.45, 2.75) is 25.4 Å². The first-order chi connectivity index (χ1) is 9.69. The summed E-state index contributed by atoms with van der Waals surface area (Å²) in [7, 11) is 0. The van der Waals surface area contributed by atoms with Crippen LogP contribution in [0.15, 0.2) is 59.1 Å². The van der Waals surface area contributed by atoms with Gasteiger partial charge in [0.15, 0.2) is 0 Å².